The third kappa shape index (κ3) is 8.02. The summed E-state index contributed by atoms with van der Waals surface area (Å²) in [5.74, 6) is 0.0301. The second-order valence-corrected chi connectivity index (χ2v) is 4.58. The van der Waals surface area contributed by atoms with E-state index in [0.717, 1.165) is 0 Å². The van der Waals surface area contributed by atoms with E-state index in [1.54, 1.807) is 38.8 Å². The largest absolute Gasteiger partial charge is 2.00 e. The van der Waals surface area contributed by atoms with Crippen LogP contribution in [0.5, 0.6) is 0 Å². The first-order chi connectivity index (χ1) is 13.3. The van der Waals surface area contributed by atoms with E-state index in [-0.39, 0.29) is 40.6 Å². The van der Waals surface area contributed by atoms with Crippen molar-refractivity contribution in [3.05, 3.63) is 88.1 Å². The molecule has 1 fully saturated rings. The Morgan fingerprint density at radius 1 is 0.893 bits per heavy atom. The molecule has 1 aliphatic rings. The third-order valence-electron chi connectivity index (χ3n) is 2.97. The number of aromatic nitrogens is 6. The van der Waals surface area contributed by atoms with Crippen LogP contribution in [0.25, 0.3) is 0 Å². The molecule has 0 aromatic carbocycles. The second-order valence-electron chi connectivity index (χ2n) is 4.58. The van der Waals surface area contributed by atoms with Crippen molar-refractivity contribution in [2.45, 2.75) is 0 Å². The van der Waals surface area contributed by atoms with Crippen LogP contribution in [0.1, 0.15) is 0 Å². The molecule has 4 radical (unpaired) electrons. The molecule has 0 amide bonds. The number of nitrogens with zero attached hydrogens (tertiary/aromatic N) is 6. The molecule has 12 heteroatoms. The Labute approximate surface area is 176 Å². The van der Waals surface area contributed by atoms with Crippen LogP contribution in [0.2, 0.25) is 0 Å². The summed E-state index contributed by atoms with van der Waals surface area (Å²) in [6, 6.07) is 5.62. The maximum atomic E-state index is 10.2. The molecule has 3 aromatic heterocycles. The molecule has 0 unspecified atom stereocenters. The summed E-state index contributed by atoms with van der Waals surface area (Å²) in [5.41, 5.74) is 0. The number of Topliss-reactive ketones (excluding diaryl/α,β-unsaturated/α-hetero) is 1. The second kappa shape index (κ2) is 15.5. The first-order valence-corrected chi connectivity index (χ1v) is 7.37. The van der Waals surface area contributed by atoms with Gasteiger partial charge in [0.2, 0.25) is 0 Å². The zero-order valence-electron chi connectivity index (χ0n) is 14.4. The van der Waals surface area contributed by atoms with Gasteiger partial charge in [-0.05, 0) is 36.8 Å². The van der Waals surface area contributed by atoms with Crippen molar-refractivity contribution in [1.29, 1.82) is 0 Å². The van der Waals surface area contributed by atoms with Crippen molar-refractivity contribution >= 4 is 12.9 Å². The smallest absolute Gasteiger partial charge is 0.425 e. The number of ether oxygens (including phenoxy) is 1. The monoisotopic (exact) mass is 463 g/mol. The Morgan fingerprint density at radius 2 is 1.32 bits per heavy atom. The van der Waals surface area contributed by atoms with Gasteiger partial charge in [0.05, 0.1) is 6.61 Å². The van der Waals surface area contributed by atoms with Crippen LogP contribution >= 0.6 is 0 Å². The predicted molar refractivity (Wildman–Crippen MR) is 90.3 cm³/mol. The fraction of sp³-hybridized carbons (Fsp3) is 0.0625. The van der Waals surface area contributed by atoms with Gasteiger partial charge < -0.3 is 18.5 Å². The molecule has 1 saturated heterocycles. The minimum atomic E-state index is -0.194. The van der Waals surface area contributed by atoms with Gasteiger partial charge in [-0.1, -0.05) is 0 Å². The van der Waals surface area contributed by atoms with Crippen LogP contribution in [0.15, 0.2) is 55.4 Å². The van der Waals surface area contributed by atoms with Gasteiger partial charge in [-0.3, -0.25) is 4.79 Å². The molecule has 4 heterocycles. The normalized spacial score (nSPS) is 12.1. The Balaban J connectivity index is 0.000000516. The van der Waals surface area contributed by atoms with Crippen molar-refractivity contribution in [3.63, 3.8) is 0 Å². The van der Waals surface area contributed by atoms with Gasteiger partial charge in [-0.15, -0.1) is 0 Å². The molecule has 1 aliphatic heterocycles. The van der Waals surface area contributed by atoms with E-state index in [9.17, 15) is 4.79 Å². The average molecular weight is 461 g/mol. The van der Waals surface area contributed by atoms with E-state index >= 15 is 0 Å². The average Bonchev–Trinajstić information content (AvgIpc) is 3.51. The molecule has 0 aliphatic carbocycles. The van der Waals surface area contributed by atoms with Gasteiger partial charge in [0.1, 0.15) is 6.61 Å². The molecule has 140 valence electrons. The van der Waals surface area contributed by atoms with Gasteiger partial charge in [-0.2, -0.15) is 0 Å². The van der Waals surface area contributed by atoms with E-state index in [2.05, 4.69) is 33.3 Å². The molecular formula is C16H14BMoN6O4+. The number of carbonyl (C=O) groups is 1. The summed E-state index contributed by atoms with van der Waals surface area (Å²) in [6.45, 7) is 10.7. The number of ketones is 1. The number of hydrogen-bond acceptors (Lipinski definition) is 5. The zero-order valence-corrected chi connectivity index (χ0v) is 16.4. The molecule has 0 spiro atoms. The maximum absolute atomic E-state index is 10.2. The molecule has 10 nitrogen and oxygen atoms in total. The Morgan fingerprint density at radius 3 is 1.54 bits per heavy atom. The van der Waals surface area contributed by atoms with Crippen LogP contribution in [0.3, 0.4) is 0 Å². The summed E-state index contributed by atoms with van der Waals surface area (Å²) >= 11 is 0. The zero-order chi connectivity index (χ0) is 19.9. The van der Waals surface area contributed by atoms with Crippen molar-refractivity contribution in [1.82, 2.24) is 29.1 Å². The van der Waals surface area contributed by atoms with Gasteiger partial charge in [0, 0.05) is 31.4 Å². The molecule has 0 bridgehead atoms. The molecule has 3 aromatic rings. The van der Waals surface area contributed by atoms with E-state index in [0.29, 0.717) is 0 Å². The van der Waals surface area contributed by atoms with Crippen molar-refractivity contribution in [2.24, 2.45) is 0 Å². The van der Waals surface area contributed by atoms with E-state index in [1.807, 2.05) is 36.8 Å². The fourth-order valence-electron chi connectivity index (χ4n) is 2.00. The van der Waals surface area contributed by atoms with Gasteiger partial charge >= 0.3 is 43.7 Å². The van der Waals surface area contributed by atoms with Gasteiger partial charge in [0.15, 0.2) is 5.78 Å². The van der Waals surface area contributed by atoms with E-state index in [4.69, 9.17) is 9.30 Å². The quantitative estimate of drug-likeness (QED) is 0.316. The van der Waals surface area contributed by atoms with Crippen LogP contribution in [-0.4, -0.2) is 48.6 Å². The summed E-state index contributed by atoms with van der Waals surface area (Å²) in [6.07, 6.45) is 13.9. The Bertz CT molecular complexity index is 694. The van der Waals surface area contributed by atoms with Crippen LogP contribution < -0.4 is 0 Å². The van der Waals surface area contributed by atoms with Crippen molar-refractivity contribution < 1.29 is 39.9 Å². The first-order valence-electron chi connectivity index (χ1n) is 7.37. The number of hydrogen-bond donors (Lipinski definition) is 0. The first kappa shape index (κ1) is 25.5. The number of rotatable bonds is 3. The maximum Gasteiger partial charge on any atom is 2.00 e. The molecular weight excluding hydrogens is 447 g/mol. The summed E-state index contributed by atoms with van der Waals surface area (Å²) in [4.78, 5) is 10.2. The fourth-order valence-corrected chi connectivity index (χ4v) is 2.00. The molecule has 4 rings (SSSR count). The predicted octanol–water partition coefficient (Wildman–Crippen LogP) is 0.284. The third-order valence-corrected chi connectivity index (χ3v) is 2.97. The van der Waals surface area contributed by atoms with Crippen molar-refractivity contribution in [2.75, 3.05) is 6.61 Å². The van der Waals surface area contributed by atoms with E-state index < -0.39 is 0 Å². The van der Waals surface area contributed by atoms with Crippen LogP contribution in [0.4, 0.5) is 0 Å². The van der Waals surface area contributed by atoms with Gasteiger partial charge in [0.25, 0.3) is 7.12 Å². The topological polar surface area (TPSA) is 120 Å². The molecule has 0 atom stereocenters. The van der Waals surface area contributed by atoms with Crippen LogP contribution in [0, 0.1) is 32.7 Å². The standard InChI is InChI=1S/C9H9BN6.C5H5O2.2CO.Mo/c1-4-11-14(7-1)10(15-8-2-5-12-15)16-9-3-6-13-16;6-5-2-1-3-7-4-5;2*1-2;/h1-9H;1-3H,4H2;;;/q-1;;;;+2. The number of carbonyl (C=O) groups excluding carboxylic acids is 1. The molecule has 0 saturated carbocycles. The van der Waals surface area contributed by atoms with Gasteiger partial charge in [-0.25, -0.2) is 15.3 Å². The van der Waals surface area contributed by atoms with Crippen LogP contribution in [-0.2, 0) is 39.9 Å². The molecule has 28 heavy (non-hydrogen) atoms. The summed E-state index contributed by atoms with van der Waals surface area (Å²) in [7, 11) is -0.194. The summed E-state index contributed by atoms with van der Waals surface area (Å²) < 4.78 is 25.0. The molecule has 0 N–H and O–H groups in total. The Kier molecular flexibility index (Phi) is 14.1. The Hall–Kier alpha value is -2.51. The van der Waals surface area contributed by atoms with Crippen molar-refractivity contribution in [3.8, 4) is 0 Å². The summed E-state index contributed by atoms with van der Waals surface area (Å²) in [5, 5.41) is 12.7. The van der Waals surface area contributed by atoms with E-state index in [1.165, 1.54) is 13.0 Å². The SMILES string of the molecule is O=C1[CH][CH][CH]OC1.[C-]#[O+].[C-]#[O+].[Mo+2].c1cnn([B-](n2cccn2)n2cccn2)c1. The minimum absolute atomic E-state index is 0. The minimum Gasteiger partial charge on any atom is -0.425 e.